The van der Waals surface area contributed by atoms with Crippen molar-refractivity contribution in [3.8, 4) is 0 Å². The summed E-state index contributed by atoms with van der Waals surface area (Å²) in [6, 6.07) is 2.49. The Morgan fingerprint density at radius 1 is 1.38 bits per heavy atom. The van der Waals surface area contributed by atoms with E-state index in [-0.39, 0.29) is 17.4 Å². The van der Waals surface area contributed by atoms with Gasteiger partial charge in [0.15, 0.2) is 0 Å². The fourth-order valence-electron chi connectivity index (χ4n) is 2.25. The van der Waals surface area contributed by atoms with E-state index in [2.05, 4.69) is 10.5 Å². The summed E-state index contributed by atoms with van der Waals surface area (Å²) in [7, 11) is 0. The normalized spacial score (nSPS) is 16.9. The number of piperidine rings is 1. The third-order valence-electron chi connectivity index (χ3n) is 3.49. The van der Waals surface area contributed by atoms with Crippen LogP contribution in [-0.2, 0) is 0 Å². The van der Waals surface area contributed by atoms with Crippen LogP contribution in [-0.4, -0.2) is 35.1 Å². The first-order chi connectivity index (χ1) is 10.0. The van der Waals surface area contributed by atoms with E-state index in [9.17, 15) is 13.6 Å². The molecule has 0 atom stereocenters. The van der Waals surface area contributed by atoms with Gasteiger partial charge in [0, 0.05) is 25.1 Å². The predicted octanol–water partition coefficient (Wildman–Crippen LogP) is 1.96. The summed E-state index contributed by atoms with van der Waals surface area (Å²) in [6.07, 6.45) is 1.13. The van der Waals surface area contributed by atoms with Crippen molar-refractivity contribution >= 4 is 17.6 Å². The first-order valence-corrected chi connectivity index (χ1v) is 6.49. The summed E-state index contributed by atoms with van der Waals surface area (Å²) < 4.78 is 26.2. The number of oxime groups is 1. The summed E-state index contributed by atoms with van der Waals surface area (Å²) >= 11 is 0. The van der Waals surface area contributed by atoms with Crippen LogP contribution in [0.15, 0.2) is 23.4 Å². The molecule has 1 aromatic rings. The van der Waals surface area contributed by atoms with E-state index in [1.54, 1.807) is 0 Å². The number of halogens is 2. The minimum atomic E-state index is -0.824. The Bertz CT molecular complexity index is 557. The zero-order valence-corrected chi connectivity index (χ0v) is 11.2. The smallest absolute Gasteiger partial charge is 0.321 e. The van der Waals surface area contributed by atoms with Gasteiger partial charge >= 0.3 is 6.03 Å². The average Bonchev–Trinajstić information content (AvgIpc) is 2.49. The van der Waals surface area contributed by atoms with Gasteiger partial charge in [-0.2, -0.15) is 0 Å². The first kappa shape index (κ1) is 15.0. The van der Waals surface area contributed by atoms with Crippen LogP contribution in [0.4, 0.5) is 19.3 Å². The number of urea groups is 1. The van der Waals surface area contributed by atoms with E-state index in [4.69, 9.17) is 10.9 Å². The van der Waals surface area contributed by atoms with Crippen molar-refractivity contribution in [1.82, 2.24) is 4.90 Å². The van der Waals surface area contributed by atoms with Gasteiger partial charge in [0.05, 0.1) is 5.69 Å². The lowest BCUT2D eigenvalue weighted by Gasteiger charge is -2.31. The minimum absolute atomic E-state index is 0.0680. The summed E-state index contributed by atoms with van der Waals surface area (Å²) in [5.74, 6) is -1.44. The van der Waals surface area contributed by atoms with Crippen LogP contribution in [0.1, 0.15) is 12.8 Å². The van der Waals surface area contributed by atoms with Gasteiger partial charge in [-0.15, -0.1) is 0 Å². The summed E-state index contributed by atoms with van der Waals surface area (Å²) in [6.45, 7) is 0.824. The maximum atomic E-state index is 13.5. The van der Waals surface area contributed by atoms with Gasteiger partial charge in [-0.25, -0.2) is 13.6 Å². The Hall–Kier alpha value is -2.38. The van der Waals surface area contributed by atoms with Gasteiger partial charge in [-0.3, -0.25) is 0 Å². The van der Waals surface area contributed by atoms with Crippen molar-refractivity contribution in [1.29, 1.82) is 0 Å². The second-order valence-corrected chi connectivity index (χ2v) is 4.84. The maximum absolute atomic E-state index is 13.5. The number of hydrogen-bond donors (Lipinski definition) is 3. The van der Waals surface area contributed by atoms with Gasteiger partial charge in [-0.1, -0.05) is 5.16 Å². The zero-order valence-electron chi connectivity index (χ0n) is 11.2. The van der Waals surface area contributed by atoms with Crippen LogP contribution in [0.25, 0.3) is 0 Å². The van der Waals surface area contributed by atoms with Crippen molar-refractivity contribution < 1.29 is 18.8 Å². The number of anilines is 1. The zero-order chi connectivity index (χ0) is 15.4. The van der Waals surface area contributed by atoms with Crippen molar-refractivity contribution in [2.75, 3.05) is 18.4 Å². The highest BCUT2D eigenvalue weighted by Gasteiger charge is 2.25. The third-order valence-corrected chi connectivity index (χ3v) is 3.49. The SMILES string of the molecule is NC(=NO)C1CCN(C(=O)Nc2ccc(F)cc2F)CC1. The molecular weight excluding hydrogens is 282 g/mol. The number of nitrogens with zero attached hydrogens (tertiary/aromatic N) is 2. The number of amidine groups is 1. The Morgan fingerprint density at radius 2 is 2.05 bits per heavy atom. The molecule has 4 N–H and O–H groups in total. The van der Waals surface area contributed by atoms with Crippen molar-refractivity contribution in [2.24, 2.45) is 16.8 Å². The lowest BCUT2D eigenvalue weighted by atomic mass is 9.96. The summed E-state index contributed by atoms with van der Waals surface area (Å²) in [5.41, 5.74) is 5.45. The minimum Gasteiger partial charge on any atom is -0.409 e. The molecule has 0 bridgehead atoms. The molecule has 0 aliphatic carbocycles. The molecule has 0 saturated carbocycles. The fraction of sp³-hybridized carbons (Fsp3) is 0.385. The molecule has 21 heavy (non-hydrogen) atoms. The van der Waals surface area contributed by atoms with Crippen LogP contribution in [0, 0.1) is 17.6 Å². The molecule has 0 radical (unpaired) electrons. The van der Waals surface area contributed by atoms with Crippen LogP contribution in [0.3, 0.4) is 0 Å². The average molecular weight is 298 g/mol. The first-order valence-electron chi connectivity index (χ1n) is 6.49. The number of carbonyl (C=O) groups excluding carboxylic acids is 1. The molecule has 8 heteroatoms. The van der Waals surface area contributed by atoms with Crippen LogP contribution in [0.2, 0.25) is 0 Å². The highest BCUT2D eigenvalue weighted by Crippen LogP contribution is 2.20. The van der Waals surface area contributed by atoms with Gasteiger partial charge in [0.2, 0.25) is 0 Å². The number of carbonyl (C=O) groups is 1. The number of rotatable bonds is 2. The molecule has 1 fully saturated rings. The van der Waals surface area contributed by atoms with Crippen LogP contribution in [0.5, 0.6) is 0 Å². The Balaban J connectivity index is 1.93. The molecule has 2 amide bonds. The largest absolute Gasteiger partial charge is 0.409 e. The standard InChI is InChI=1S/C13H16F2N4O2/c14-9-1-2-11(10(15)7-9)17-13(20)19-5-3-8(4-6-19)12(16)18-21/h1-2,7-8,21H,3-6H2,(H2,16,18)(H,17,20). The molecule has 114 valence electrons. The second-order valence-electron chi connectivity index (χ2n) is 4.84. The van der Waals surface area contributed by atoms with E-state index in [0.717, 1.165) is 6.07 Å². The lowest BCUT2D eigenvalue weighted by Crippen LogP contribution is -2.43. The molecule has 6 nitrogen and oxygen atoms in total. The highest BCUT2D eigenvalue weighted by atomic mass is 19.1. The summed E-state index contributed by atoms with van der Waals surface area (Å²) in [5, 5.41) is 14.0. The Morgan fingerprint density at radius 3 is 2.62 bits per heavy atom. The van der Waals surface area contributed by atoms with Gasteiger partial charge < -0.3 is 21.2 Å². The number of nitrogens with two attached hydrogens (primary N) is 1. The molecule has 0 spiro atoms. The predicted molar refractivity (Wildman–Crippen MR) is 73.1 cm³/mol. The third kappa shape index (κ3) is 3.59. The van der Waals surface area contributed by atoms with E-state index >= 15 is 0 Å². The monoisotopic (exact) mass is 298 g/mol. The molecule has 1 aliphatic heterocycles. The number of nitrogens with one attached hydrogen (secondary N) is 1. The van der Waals surface area contributed by atoms with Crippen molar-refractivity contribution in [2.45, 2.75) is 12.8 Å². The topological polar surface area (TPSA) is 91.0 Å². The molecule has 1 saturated heterocycles. The van der Waals surface area contributed by atoms with E-state index in [1.807, 2.05) is 0 Å². The van der Waals surface area contributed by atoms with Crippen molar-refractivity contribution in [3.05, 3.63) is 29.8 Å². The number of likely N-dealkylation sites (tertiary alicyclic amines) is 1. The highest BCUT2D eigenvalue weighted by molar-refractivity contribution is 5.90. The van der Waals surface area contributed by atoms with Gasteiger partial charge in [-0.05, 0) is 25.0 Å². The quantitative estimate of drug-likeness (QED) is 0.337. The molecule has 1 heterocycles. The molecule has 2 rings (SSSR count). The number of benzene rings is 1. The molecular formula is C13H16F2N4O2. The molecule has 0 aromatic heterocycles. The maximum Gasteiger partial charge on any atom is 0.321 e. The van der Waals surface area contributed by atoms with Crippen LogP contribution >= 0.6 is 0 Å². The van der Waals surface area contributed by atoms with E-state index in [1.165, 1.54) is 11.0 Å². The van der Waals surface area contributed by atoms with E-state index < -0.39 is 17.7 Å². The van der Waals surface area contributed by atoms with Crippen molar-refractivity contribution in [3.63, 3.8) is 0 Å². The number of hydrogen-bond acceptors (Lipinski definition) is 3. The fourth-order valence-corrected chi connectivity index (χ4v) is 2.25. The van der Waals surface area contributed by atoms with Crippen LogP contribution < -0.4 is 11.1 Å². The Labute approximate surface area is 120 Å². The molecule has 1 aromatic carbocycles. The Kier molecular flexibility index (Phi) is 4.56. The molecule has 0 unspecified atom stereocenters. The second kappa shape index (κ2) is 6.38. The lowest BCUT2D eigenvalue weighted by molar-refractivity contribution is 0.192. The molecule has 1 aliphatic rings. The summed E-state index contributed by atoms with van der Waals surface area (Å²) in [4.78, 5) is 13.5. The van der Waals surface area contributed by atoms with E-state index in [0.29, 0.717) is 32.0 Å². The van der Waals surface area contributed by atoms with Gasteiger partial charge in [0.1, 0.15) is 17.5 Å². The van der Waals surface area contributed by atoms with Gasteiger partial charge in [0.25, 0.3) is 0 Å². The number of amides is 2.